The van der Waals surface area contributed by atoms with Crippen molar-refractivity contribution in [3.8, 4) is 0 Å². The predicted molar refractivity (Wildman–Crippen MR) is 113 cm³/mol. The van der Waals surface area contributed by atoms with Gasteiger partial charge >= 0.3 is 0 Å². The fraction of sp³-hybridized carbons (Fsp3) is 0.348. The van der Waals surface area contributed by atoms with Gasteiger partial charge in [-0.1, -0.05) is 65.8 Å². The quantitative estimate of drug-likeness (QED) is 0.674. The Balaban J connectivity index is 1.63. The second-order valence-corrected chi connectivity index (χ2v) is 9.70. The van der Waals surface area contributed by atoms with Gasteiger partial charge in [-0.25, -0.2) is 8.42 Å². The first-order valence-corrected chi connectivity index (χ1v) is 11.6. The molecule has 3 aromatic rings. The Bertz CT molecular complexity index is 1040. The van der Waals surface area contributed by atoms with Crippen molar-refractivity contribution in [1.82, 2.24) is 9.46 Å². The lowest BCUT2D eigenvalue weighted by Crippen LogP contribution is -2.46. The highest BCUT2D eigenvalue weighted by atomic mass is 32.2. The normalized spacial score (nSPS) is 16.6. The Morgan fingerprint density at radius 1 is 0.967 bits per heavy atom. The summed E-state index contributed by atoms with van der Waals surface area (Å²) in [5.41, 5.74) is 0.840. The average Bonchev–Trinajstić information content (AvgIpc) is 3.13. The van der Waals surface area contributed by atoms with Gasteiger partial charge in [0, 0.05) is 13.1 Å². The van der Waals surface area contributed by atoms with Crippen LogP contribution in [0.5, 0.6) is 0 Å². The first kappa shape index (κ1) is 20.8. The Morgan fingerprint density at radius 2 is 1.47 bits per heavy atom. The number of rotatable bonds is 5. The minimum absolute atomic E-state index is 0.113. The van der Waals surface area contributed by atoms with Crippen molar-refractivity contribution in [2.24, 2.45) is 5.92 Å². The van der Waals surface area contributed by atoms with E-state index < -0.39 is 15.6 Å². The smallest absolute Gasteiger partial charge is 0.248 e. The summed E-state index contributed by atoms with van der Waals surface area (Å²) in [5, 5.41) is 15.7. The highest BCUT2D eigenvalue weighted by Crippen LogP contribution is 2.42. The molecule has 6 nitrogen and oxygen atoms in total. The summed E-state index contributed by atoms with van der Waals surface area (Å²) < 4.78 is 32.8. The van der Waals surface area contributed by atoms with Gasteiger partial charge in [0.05, 0.1) is 0 Å². The minimum Gasteiger partial charge on any atom is -0.380 e. The largest absolute Gasteiger partial charge is 0.380 e. The van der Waals surface area contributed by atoms with Gasteiger partial charge in [0.25, 0.3) is 0 Å². The minimum atomic E-state index is -3.68. The second-order valence-electron chi connectivity index (χ2n) is 7.83. The molecule has 0 atom stereocenters. The fourth-order valence-electron chi connectivity index (χ4n) is 4.51. The van der Waals surface area contributed by atoms with Crippen molar-refractivity contribution in [3.05, 3.63) is 83.2 Å². The predicted octanol–water partition coefficient (Wildman–Crippen LogP) is 3.63. The molecule has 2 heterocycles. The summed E-state index contributed by atoms with van der Waals surface area (Å²) in [6, 6.07) is 19.2. The van der Waals surface area contributed by atoms with Gasteiger partial charge in [0.1, 0.15) is 16.2 Å². The number of aryl methyl sites for hydroxylation is 2. The van der Waals surface area contributed by atoms with Crippen molar-refractivity contribution in [1.29, 1.82) is 0 Å². The van der Waals surface area contributed by atoms with Crippen LogP contribution in [0, 0.1) is 19.8 Å². The third kappa shape index (κ3) is 3.47. The van der Waals surface area contributed by atoms with Gasteiger partial charge in [-0.15, -0.1) is 0 Å². The van der Waals surface area contributed by atoms with E-state index in [1.165, 1.54) is 4.31 Å². The summed E-state index contributed by atoms with van der Waals surface area (Å²) in [7, 11) is -3.68. The molecule has 0 saturated carbocycles. The molecule has 4 rings (SSSR count). The van der Waals surface area contributed by atoms with Crippen molar-refractivity contribution in [2.75, 3.05) is 13.1 Å². The van der Waals surface area contributed by atoms with Crippen LogP contribution in [0.2, 0.25) is 0 Å². The summed E-state index contributed by atoms with van der Waals surface area (Å²) in [5.74, 6) is 0.193. The fourth-order valence-corrected chi connectivity index (χ4v) is 6.27. The van der Waals surface area contributed by atoms with Crippen LogP contribution in [-0.2, 0) is 15.6 Å². The third-order valence-corrected chi connectivity index (χ3v) is 8.18. The molecule has 1 N–H and O–H groups in total. The molecule has 158 valence electrons. The lowest BCUT2D eigenvalue weighted by Gasteiger charge is -2.42. The van der Waals surface area contributed by atoms with Gasteiger partial charge in [-0.05, 0) is 43.7 Å². The molecule has 0 spiro atoms. The summed E-state index contributed by atoms with van der Waals surface area (Å²) in [6.45, 7) is 3.92. The van der Waals surface area contributed by atoms with E-state index >= 15 is 0 Å². The number of hydrogen-bond donors (Lipinski definition) is 1. The maximum atomic E-state index is 13.1. The SMILES string of the molecule is Cc1noc(C)c1S(=O)(=O)N1CCC(C(O)(c2ccccc2)c2ccccc2)CC1. The number of aliphatic hydroxyl groups is 1. The Kier molecular flexibility index (Phi) is 5.53. The molecule has 0 aliphatic carbocycles. The molecular weight excluding hydrogens is 400 g/mol. The lowest BCUT2D eigenvalue weighted by molar-refractivity contribution is -0.00532. The molecule has 30 heavy (non-hydrogen) atoms. The molecule has 0 amide bonds. The zero-order chi connectivity index (χ0) is 21.4. The van der Waals surface area contributed by atoms with E-state index in [9.17, 15) is 13.5 Å². The van der Waals surface area contributed by atoms with Crippen molar-refractivity contribution in [3.63, 3.8) is 0 Å². The summed E-state index contributed by atoms with van der Waals surface area (Å²) in [4.78, 5) is 0.155. The Labute approximate surface area is 177 Å². The Hall–Kier alpha value is -2.48. The number of aromatic nitrogens is 1. The van der Waals surface area contributed by atoms with Crippen molar-refractivity contribution >= 4 is 10.0 Å². The molecule has 1 fully saturated rings. The zero-order valence-corrected chi connectivity index (χ0v) is 18.0. The van der Waals surface area contributed by atoms with Crippen molar-refractivity contribution in [2.45, 2.75) is 37.2 Å². The first-order chi connectivity index (χ1) is 14.3. The Morgan fingerprint density at radius 3 is 1.90 bits per heavy atom. The van der Waals surface area contributed by atoms with E-state index in [1.54, 1.807) is 13.8 Å². The highest BCUT2D eigenvalue weighted by Gasteiger charge is 2.43. The van der Waals surface area contributed by atoms with E-state index in [0.29, 0.717) is 37.4 Å². The van der Waals surface area contributed by atoms with Crippen LogP contribution in [0.15, 0.2) is 70.1 Å². The molecule has 1 aromatic heterocycles. The molecule has 1 saturated heterocycles. The van der Waals surface area contributed by atoms with Crippen LogP contribution in [-0.4, -0.2) is 36.1 Å². The number of hydrogen-bond acceptors (Lipinski definition) is 5. The van der Waals surface area contributed by atoms with Gasteiger partial charge in [0.15, 0.2) is 5.76 Å². The van der Waals surface area contributed by atoms with Crippen LogP contribution in [0.1, 0.15) is 35.4 Å². The number of sulfonamides is 1. The summed E-state index contributed by atoms with van der Waals surface area (Å²) in [6.07, 6.45) is 1.09. The maximum Gasteiger partial charge on any atom is 0.248 e. The van der Waals surface area contributed by atoms with E-state index in [2.05, 4.69) is 5.16 Å². The second kappa shape index (κ2) is 7.98. The molecule has 2 aromatic carbocycles. The molecule has 1 aliphatic rings. The van der Waals surface area contributed by atoms with Crippen LogP contribution in [0.25, 0.3) is 0 Å². The number of benzene rings is 2. The van der Waals surface area contributed by atoms with Gasteiger partial charge in [-0.3, -0.25) is 0 Å². The lowest BCUT2D eigenvalue weighted by atomic mass is 9.72. The van der Waals surface area contributed by atoms with Crippen LogP contribution in [0.3, 0.4) is 0 Å². The van der Waals surface area contributed by atoms with E-state index in [0.717, 1.165) is 11.1 Å². The van der Waals surface area contributed by atoms with Crippen molar-refractivity contribution < 1.29 is 18.0 Å². The van der Waals surface area contributed by atoms with Crippen LogP contribution >= 0.6 is 0 Å². The average molecular weight is 427 g/mol. The molecule has 0 unspecified atom stereocenters. The molecular formula is C23H26N2O4S. The maximum absolute atomic E-state index is 13.1. The third-order valence-electron chi connectivity index (χ3n) is 6.04. The molecule has 7 heteroatoms. The summed E-state index contributed by atoms with van der Waals surface area (Å²) >= 11 is 0. The monoisotopic (exact) mass is 426 g/mol. The molecule has 0 radical (unpaired) electrons. The van der Waals surface area contributed by atoms with E-state index in [-0.39, 0.29) is 10.8 Å². The van der Waals surface area contributed by atoms with Crippen LogP contribution in [0.4, 0.5) is 0 Å². The number of nitrogens with zero attached hydrogens (tertiary/aromatic N) is 2. The number of piperidine rings is 1. The first-order valence-electron chi connectivity index (χ1n) is 10.1. The standard InChI is InChI=1S/C23H26N2O4S/c1-17-22(18(2)29-24-17)30(27,28)25-15-13-21(14-16-25)23(26,19-9-5-3-6-10-19)20-11-7-4-8-12-20/h3-12,21,26H,13-16H2,1-2H3. The molecule has 0 bridgehead atoms. The van der Waals surface area contributed by atoms with E-state index in [1.807, 2.05) is 60.7 Å². The van der Waals surface area contributed by atoms with Gasteiger partial charge < -0.3 is 9.63 Å². The zero-order valence-electron chi connectivity index (χ0n) is 17.2. The highest BCUT2D eigenvalue weighted by molar-refractivity contribution is 7.89. The van der Waals surface area contributed by atoms with Gasteiger partial charge in [-0.2, -0.15) is 4.31 Å². The van der Waals surface area contributed by atoms with Gasteiger partial charge in [0.2, 0.25) is 10.0 Å². The topological polar surface area (TPSA) is 83.6 Å². The molecule has 1 aliphatic heterocycles. The van der Waals surface area contributed by atoms with E-state index in [4.69, 9.17) is 4.52 Å². The van der Waals surface area contributed by atoms with Crippen LogP contribution < -0.4 is 0 Å².